The van der Waals surface area contributed by atoms with Crippen LogP contribution >= 0.6 is 0 Å². The number of hydroxylamine groups is 2. The van der Waals surface area contributed by atoms with E-state index < -0.39 is 0 Å². The van der Waals surface area contributed by atoms with Crippen molar-refractivity contribution in [2.75, 3.05) is 20.8 Å². The minimum atomic E-state index is -0.283. The van der Waals surface area contributed by atoms with Gasteiger partial charge in [-0.25, -0.2) is 0 Å². The second-order valence-corrected chi connectivity index (χ2v) is 5.11. The van der Waals surface area contributed by atoms with Crippen molar-refractivity contribution in [3.63, 3.8) is 0 Å². The number of methoxy groups -OCH3 is 2. The molecule has 4 nitrogen and oxygen atoms in total. The fraction of sp³-hybridized carbons (Fsp3) is 0.294. The van der Waals surface area contributed by atoms with Crippen molar-refractivity contribution >= 4 is 0 Å². The molecule has 0 amide bonds. The van der Waals surface area contributed by atoms with Gasteiger partial charge in [0.1, 0.15) is 0 Å². The summed E-state index contributed by atoms with van der Waals surface area (Å²) in [7, 11) is 3.24. The first-order valence-corrected chi connectivity index (χ1v) is 6.98. The molecule has 0 saturated carbocycles. The highest BCUT2D eigenvalue weighted by Gasteiger charge is 2.25. The van der Waals surface area contributed by atoms with Gasteiger partial charge in [-0.15, -0.1) is 0 Å². The Balaban J connectivity index is 2.13. The van der Waals surface area contributed by atoms with Crippen LogP contribution in [0.15, 0.2) is 42.5 Å². The third kappa shape index (κ3) is 2.48. The molecule has 2 aromatic carbocycles. The molecule has 0 bridgehead atoms. The number of hydrogen-bond donors (Lipinski definition) is 0. The third-order valence-corrected chi connectivity index (χ3v) is 3.94. The second-order valence-electron chi connectivity index (χ2n) is 5.11. The molecule has 0 aromatic heterocycles. The molecule has 0 radical (unpaired) electrons. The van der Waals surface area contributed by atoms with Crippen molar-refractivity contribution in [3.8, 4) is 11.5 Å². The zero-order valence-electron chi connectivity index (χ0n) is 12.2. The lowest BCUT2D eigenvalue weighted by atomic mass is 9.89. The van der Waals surface area contributed by atoms with E-state index in [0.29, 0.717) is 18.0 Å². The number of nitrogens with zero attached hydrogens (tertiary/aromatic N) is 1. The van der Waals surface area contributed by atoms with Gasteiger partial charge in [-0.3, -0.25) is 0 Å². The van der Waals surface area contributed by atoms with E-state index in [4.69, 9.17) is 9.47 Å². The molecule has 1 unspecified atom stereocenters. The summed E-state index contributed by atoms with van der Waals surface area (Å²) in [5, 5.41) is 13.5. The van der Waals surface area contributed by atoms with Crippen LogP contribution in [0.2, 0.25) is 0 Å². The molecule has 4 heteroatoms. The first-order chi connectivity index (χ1) is 10.2. The number of ether oxygens (including phenoxy) is 2. The van der Waals surface area contributed by atoms with Crippen molar-refractivity contribution < 1.29 is 9.47 Å². The molecule has 1 heterocycles. The van der Waals surface area contributed by atoms with E-state index >= 15 is 0 Å². The molecule has 0 saturated heterocycles. The summed E-state index contributed by atoms with van der Waals surface area (Å²) in [5.41, 5.74) is 3.15. The summed E-state index contributed by atoms with van der Waals surface area (Å²) in [6.45, 7) is 0.488. The zero-order valence-corrected chi connectivity index (χ0v) is 12.2. The normalized spacial score (nSPS) is 18.1. The van der Waals surface area contributed by atoms with E-state index in [1.54, 1.807) is 14.2 Å². The molecular formula is C17H18NO3-. The fourth-order valence-electron chi connectivity index (χ4n) is 2.90. The van der Waals surface area contributed by atoms with Crippen molar-refractivity contribution in [2.24, 2.45) is 0 Å². The van der Waals surface area contributed by atoms with Crippen molar-refractivity contribution in [3.05, 3.63) is 64.4 Å². The maximum absolute atomic E-state index is 12.4. The van der Waals surface area contributed by atoms with Crippen molar-refractivity contribution in [1.82, 2.24) is 5.06 Å². The molecule has 0 N–H and O–H groups in total. The minimum absolute atomic E-state index is 0.283. The van der Waals surface area contributed by atoms with Crippen molar-refractivity contribution in [2.45, 2.75) is 12.5 Å². The average molecular weight is 284 g/mol. The largest absolute Gasteiger partial charge is 0.784 e. The summed E-state index contributed by atoms with van der Waals surface area (Å²) < 4.78 is 10.7. The van der Waals surface area contributed by atoms with Crippen LogP contribution in [0.1, 0.15) is 22.7 Å². The Bertz CT molecular complexity index is 627. The van der Waals surface area contributed by atoms with Crippen LogP contribution < -0.4 is 9.47 Å². The lowest BCUT2D eigenvalue weighted by molar-refractivity contribution is 0.298. The van der Waals surface area contributed by atoms with Gasteiger partial charge in [0.15, 0.2) is 11.5 Å². The lowest BCUT2D eigenvalue weighted by Crippen LogP contribution is -2.31. The molecule has 1 atom stereocenters. The maximum Gasteiger partial charge on any atom is 0.161 e. The van der Waals surface area contributed by atoms with Crippen LogP contribution in [0.3, 0.4) is 0 Å². The molecular weight excluding hydrogens is 266 g/mol. The van der Waals surface area contributed by atoms with Gasteiger partial charge in [0.2, 0.25) is 0 Å². The number of fused-ring (bicyclic) bond motifs is 1. The van der Waals surface area contributed by atoms with E-state index in [9.17, 15) is 5.21 Å². The predicted octanol–water partition coefficient (Wildman–Crippen LogP) is 3.15. The van der Waals surface area contributed by atoms with Crippen LogP contribution in [-0.2, 0) is 6.42 Å². The highest BCUT2D eigenvalue weighted by atomic mass is 16.5. The van der Waals surface area contributed by atoms with Crippen LogP contribution in [0.4, 0.5) is 0 Å². The molecule has 0 spiro atoms. The second kappa shape index (κ2) is 5.76. The number of benzene rings is 2. The van der Waals surface area contributed by atoms with Gasteiger partial charge >= 0.3 is 0 Å². The molecule has 21 heavy (non-hydrogen) atoms. The Morgan fingerprint density at radius 1 is 1.05 bits per heavy atom. The molecule has 2 aromatic rings. The Morgan fingerprint density at radius 3 is 2.38 bits per heavy atom. The quantitative estimate of drug-likeness (QED) is 0.868. The Labute approximate surface area is 124 Å². The smallest absolute Gasteiger partial charge is 0.161 e. The average Bonchev–Trinajstić information content (AvgIpc) is 2.54. The summed E-state index contributed by atoms with van der Waals surface area (Å²) in [6.07, 6.45) is 0.725. The van der Waals surface area contributed by atoms with Crippen molar-refractivity contribution in [1.29, 1.82) is 0 Å². The molecule has 0 aliphatic carbocycles. The van der Waals surface area contributed by atoms with E-state index in [0.717, 1.165) is 28.2 Å². The van der Waals surface area contributed by atoms with Gasteiger partial charge in [-0.1, -0.05) is 30.3 Å². The summed E-state index contributed by atoms with van der Waals surface area (Å²) in [5.74, 6) is 1.37. The van der Waals surface area contributed by atoms with Gasteiger partial charge in [-0.2, -0.15) is 0 Å². The van der Waals surface area contributed by atoms with Crippen LogP contribution in [0.25, 0.3) is 0 Å². The first-order valence-electron chi connectivity index (χ1n) is 6.98. The van der Waals surface area contributed by atoms with Crippen LogP contribution in [-0.4, -0.2) is 25.8 Å². The standard InChI is InChI=1S/C17H18NO3/c1-20-15-10-13-8-9-18(19)17(12-6-4-3-5-7-12)14(13)11-16(15)21-2/h3-7,10-11,17H,8-9H2,1-2H3/q-1. The predicted molar refractivity (Wildman–Crippen MR) is 81.6 cm³/mol. The fourth-order valence-corrected chi connectivity index (χ4v) is 2.90. The SMILES string of the molecule is COc1cc2c(cc1OC)C(c1ccccc1)N([O-])CC2. The third-order valence-electron chi connectivity index (χ3n) is 3.94. The summed E-state index contributed by atoms with van der Waals surface area (Å²) >= 11 is 0. The van der Waals surface area contributed by atoms with Crippen LogP contribution in [0.5, 0.6) is 11.5 Å². The highest BCUT2D eigenvalue weighted by molar-refractivity contribution is 5.51. The molecule has 0 fully saturated rings. The summed E-state index contributed by atoms with van der Waals surface area (Å²) in [6, 6.07) is 13.5. The topological polar surface area (TPSA) is 44.8 Å². The summed E-state index contributed by atoms with van der Waals surface area (Å²) in [4.78, 5) is 0. The number of hydrogen-bond acceptors (Lipinski definition) is 4. The van der Waals surface area contributed by atoms with Gasteiger partial charge in [0.05, 0.1) is 14.2 Å². The molecule has 110 valence electrons. The van der Waals surface area contributed by atoms with E-state index in [1.165, 1.54) is 0 Å². The van der Waals surface area contributed by atoms with Gasteiger partial charge < -0.3 is 19.7 Å². The van der Waals surface area contributed by atoms with E-state index in [2.05, 4.69) is 0 Å². The number of rotatable bonds is 3. The monoisotopic (exact) mass is 284 g/mol. The Hall–Kier alpha value is -2.04. The molecule has 1 aliphatic rings. The van der Waals surface area contributed by atoms with E-state index in [1.807, 2.05) is 42.5 Å². The molecule has 3 rings (SSSR count). The van der Waals surface area contributed by atoms with Crippen LogP contribution in [0, 0.1) is 5.21 Å². The lowest BCUT2D eigenvalue weighted by Gasteiger charge is -2.42. The van der Waals surface area contributed by atoms with Gasteiger partial charge in [0, 0.05) is 6.04 Å². The first kappa shape index (κ1) is 13.9. The minimum Gasteiger partial charge on any atom is -0.784 e. The van der Waals surface area contributed by atoms with E-state index in [-0.39, 0.29) is 6.04 Å². The Kier molecular flexibility index (Phi) is 3.82. The highest BCUT2D eigenvalue weighted by Crippen LogP contribution is 2.40. The van der Waals surface area contributed by atoms with Gasteiger partial charge in [-0.05, 0) is 41.8 Å². The Morgan fingerprint density at radius 2 is 1.71 bits per heavy atom. The van der Waals surface area contributed by atoms with Gasteiger partial charge in [0.25, 0.3) is 0 Å². The molecule has 1 aliphatic heterocycles. The zero-order chi connectivity index (χ0) is 14.8. The maximum atomic E-state index is 12.4.